The van der Waals surface area contributed by atoms with E-state index in [1.54, 1.807) is 0 Å². The first-order valence-corrected chi connectivity index (χ1v) is 13.7. The Morgan fingerprint density at radius 2 is 1.00 bits per heavy atom. The molecule has 6 aromatic carbocycles. The molecular formula is C37H24N4. The van der Waals surface area contributed by atoms with Gasteiger partial charge in [0.25, 0.3) is 0 Å². The van der Waals surface area contributed by atoms with E-state index < -0.39 is 0 Å². The zero-order chi connectivity index (χ0) is 27.2. The molecule has 0 fully saturated rings. The minimum absolute atomic E-state index is 0.656. The number of hydrogen-bond donors (Lipinski definition) is 0. The van der Waals surface area contributed by atoms with Crippen molar-refractivity contribution < 1.29 is 0 Å². The smallest absolute Gasteiger partial charge is 0.164 e. The van der Waals surface area contributed by atoms with Crippen molar-refractivity contribution in [1.82, 2.24) is 19.5 Å². The standard InChI is InChI=1S/C37H24N4/c1-4-14-26(15-5-1)35-38-36(27-16-6-2-7-17-27)40-37(39-35)31-21-12-22-32-33(31)30-24-23-25-13-10-11-20-29(25)34(30)41(32)28-18-8-3-9-19-28/h1-24H. The molecule has 0 N–H and O–H groups in total. The minimum atomic E-state index is 0.656. The molecule has 192 valence electrons. The van der Waals surface area contributed by atoms with Crippen LogP contribution in [-0.2, 0) is 0 Å². The molecule has 0 atom stereocenters. The fourth-order valence-corrected chi connectivity index (χ4v) is 5.79. The van der Waals surface area contributed by atoms with Crippen molar-refractivity contribution in [3.05, 3.63) is 146 Å². The fourth-order valence-electron chi connectivity index (χ4n) is 5.79. The molecule has 0 radical (unpaired) electrons. The summed E-state index contributed by atoms with van der Waals surface area (Å²) in [5.74, 6) is 1.97. The Bertz CT molecular complexity index is 2130. The van der Waals surface area contributed by atoms with Crippen LogP contribution in [0.15, 0.2) is 146 Å². The maximum Gasteiger partial charge on any atom is 0.164 e. The van der Waals surface area contributed by atoms with E-state index in [0.29, 0.717) is 17.5 Å². The number of nitrogens with zero attached hydrogens (tertiary/aromatic N) is 4. The van der Waals surface area contributed by atoms with Gasteiger partial charge in [0.2, 0.25) is 0 Å². The number of para-hydroxylation sites is 1. The van der Waals surface area contributed by atoms with Gasteiger partial charge >= 0.3 is 0 Å². The van der Waals surface area contributed by atoms with E-state index in [1.165, 1.54) is 21.7 Å². The van der Waals surface area contributed by atoms with Gasteiger partial charge in [0.05, 0.1) is 11.0 Å². The average Bonchev–Trinajstić information content (AvgIpc) is 3.41. The first kappa shape index (κ1) is 23.3. The van der Waals surface area contributed by atoms with Gasteiger partial charge in [-0.1, -0.05) is 127 Å². The first-order valence-electron chi connectivity index (χ1n) is 13.7. The van der Waals surface area contributed by atoms with E-state index in [2.05, 4.69) is 89.5 Å². The molecule has 0 aliphatic heterocycles. The van der Waals surface area contributed by atoms with Gasteiger partial charge in [-0.25, -0.2) is 15.0 Å². The lowest BCUT2D eigenvalue weighted by Crippen LogP contribution is -2.00. The van der Waals surface area contributed by atoms with Crippen molar-refractivity contribution in [2.24, 2.45) is 0 Å². The minimum Gasteiger partial charge on any atom is -0.309 e. The first-order chi connectivity index (χ1) is 20.3. The van der Waals surface area contributed by atoms with Crippen molar-refractivity contribution in [2.45, 2.75) is 0 Å². The van der Waals surface area contributed by atoms with Crippen LogP contribution in [0.3, 0.4) is 0 Å². The summed E-state index contributed by atoms with van der Waals surface area (Å²) in [5.41, 5.74) is 6.30. The summed E-state index contributed by atoms with van der Waals surface area (Å²) in [4.78, 5) is 15.0. The van der Waals surface area contributed by atoms with Gasteiger partial charge in [0, 0.05) is 38.5 Å². The van der Waals surface area contributed by atoms with Gasteiger partial charge in [-0.3, -0.25) is 0 Å². The third-order valence-electron chi connectivity index (χ3n) is 7.63. The molecule has 8 aromatic rings. The molecule has 0 aliphatic rings. The normalized spacial score (nSPS) is 11.4. The molecule has 0 aliphatic carbocycles. The van der Waals surface area contributed by atoms with E-state index in [9.17, 15) is 0 Å². The van der Waals surface area contributed by atoms with Gasteiger partial charge < -0.3 is 4.57 Å². The molecule has 2 aromatic heterocycles. The quantitative estimate of drug-likeness (QED) is 0.231. The second kappa shape index (κ2) is 9.54. The Labute approximate surface area is 237 Å². The Morgan fingerprint density at radius 3 is 1.68 bits per heavy atom. The molecule has 0 saturated heterocycles. The van der Waals surface area contributed by atoms with E-state index in [-0.39, 0.29) is 0 Å². The Balaban J connectivity index is 1.49. The number of aromatic nitrogens is 4. The summed E-state index contributed by atoms with van der Waals surface area (Å²) in [5, 5.41) is 4.71. The second-order valence-corrected chi connectivity index (χ2v) is 10.1. The molecule has 0 saturated carbocycles. The lowest BCUT2D eigenvalue weighted by molar-refractivity contribution is 1.08. The summed E-state index contributed by atoms with van der Waals surface area (Å²) in [6.45, 7) is 0. The maximum absolute atomic E-state index is 5.07. The highest BCUT2D eigenvalue weighted by molar-refractivity contribution is 6.22. The summed E-state index contributed by atoms with van der Waals surface area (Å²) >= 11 is 0. The second-order valence-electron chi connectivity index (χ2n) is 10.1. The Morgan fingerprint density at radius 1 is 0.415 bits per heavy atom. The molecule has 0 amide bonds. The number of rotatable bonds is 4. The molecule has 41 heavy (non-hydrogen) atoms. The highest BCUT2D eigenvalue weighted by Gasteiger charge is 2.20. The molecule has 4 nitrogen and oxygen atoms in total. The average molecular weight is 525 g/mol. The van der Waals surface area contributed by atoms with Crippen LogP contribution < -0.4 is 0 Å². The topological polar surface area (TPSA) is 43.6 Å². The number of benzene rings is 6. The summed E-state index contributed by atoms with van der Waals surface area (Å²) < 4.78 is 2.37. The van der Waals surface area contributed by atoms with Crippen LogP contribution >= 0.6 is 0 Å². The molecule has 0 spiro atoms. The van der Waals surface area contributed by atoms with Gasteiger partial charge in [0.15, 0.2) is 17.5 Å². The molecule has 2 heterocycles. The van der Waals surface area contributed by atoms with Gasteiger partial charge in [-0.15, -0.1) is 0 Å². The Kier molecular flexibility index (Phi) is 5.42. The van der Waals surface area contributed by atoms with Crippen LogP contribution in [0.5, 0.6) is 0 Å². The summed E-state index contributed by atoms with van der Waals surface area (Å²) in [6.07, 6.45) is 0. The fraction of sp³-hybridized carbons (Fsp3) is 0. The van der Waals surface area contributed by atoms with Crippen LogP contribution in [-0.4, -0.2) is 19.5 Å². The largest absolute Gasteiger partial charge is 0.309 e. The van der Waals surface area contributed by atoms with E-state index in [1.807, 2.05) is 60.7 Å². The highest BCUT2D eigenvalue weighted by Crippen LogP contribution is 2.41. The number of fused-ring (bicyclic) bond motifs is 5. The van der Waals surface area contributed by atoms with Crippen molar-refractivity contribution in [3.63, 3.8) is 0 Å². The van der Waals surface area contributed by atoms with Gasteiger partial charge in [-0.2, -0.15) is 0 Å². The molecule has 8 rings (SSSR count). The maximum atomic E-state index is 5.07. The molecule has 4 heteroatoms. The predicted octanol–water partition coefficient (Wildman–Crippen LogP) is 9.12. The van der Waals surface area contributed by atoms with Crippen LogP contribution in [0.25, 0.3) is 72.4 Å². The molecule has 0 bridgehead atoms. The predicted molar refractivity (Wildman–Crippen MR) is 168 cm³/mol. The SMILES string of the molecule is c1ccc(-c2nc(-c3ccccc3)nc(-c3cccc4c3c3ccc5ccccc5c3n4-c3ccccc3)n2)cc1. The molecular weight excluding hydrogens is 500 g/mol. The van der Waals surface area contributed by atoms with Crippen molar-refractivity contribution in [3.8, 4) is 39.9 Å². The van der Waals surface area contributed by atoms with Crippen LogP contribution in [0.4, 0.5) is 0 Å². The molecule has 0 unspecified atom stereocenters. The summed E-state index contributed by atoms with van der Waals surface area (Å²) in [6, 6.07) is 50.3. The zero-order valence-electron chi connectivity index (χ0n) is 22.1. The zero-order valence-corrected chi connectivity index (χ0v) is 22.1. The van der Waals surface area contributed by atoms with E-state index in [4.69, 9.17) is 15.0 Å². The Hall–Kier alpha value is -5.61. The van der Waals surface area contributed by atoms with Crippen LogP contribution in [0.2, 0.25) is 0 Å². The lowest BCUT2D eigenvalue weighted by atomic mass is 10.0. The third kappa shape index (κ3) is 3.88. The van der Waals surface area contributed by atoms with Gasteiger partial charge in [-0.05, 0) is 23.6 Å². The van der Waals surface area contributed by atoms with E-state index >= 15 is 0 Å². The lowest BCUT2D eigenvalue weighted by Gasteiger charge is -2.10. The number of hydrogen-bond acceptors (Lipinski definition) is 3. The van der Waals surface area contributed by atoms with Crippen molar-refractivity contribution in [1.29, 1.82) is 0 Å². The van der Waals surface area contributed by atoms with Crippen LogP contribution in [0, 0.1) is 0 Å². The van der Waals surface area contributed by atoms with Crippen molar-refractivity contribution >= 4 is 32.6 Å². The monoisotopic (exact) mass is 524 g/mol. The van der Waals surface area contributed by atoms with Crippen molar-refractivity contribution in [2.75, 3.05) is 0 Å². The van der Waals surface area contributed by atoms with E-state index in [0.717, 1.165) is 33.3 Å². The highest BCUT2D eigenvalue weighted by atomic mass is 15.0. The summed E-state index contributed by atoms with van der Waals surface area (Å²) in [7, 11) is 0. The van der Waals surface area contributed by atoms with Gasteiger partial charge in [0.1, 0.15) is 0 Å². The van der Waals surface area contributed by atoms with Crippen LogP contribution in [0.1, 0.15) is 0 Å². The third-order valence-corrected chi connectivity index (χ3v) is 7.63.